The number of para-hydroxylation sites is 1. The van der Waals surface area contributed by atoms with Crippen molar-refractivity contribution in [2.45, 2.75) is 5.38 Å². The first kappa shape index (κ1) is 10.5. The van der Waals surface area contributed by atoms with Gasteiger partial charge >= 0.3 is 0 Å². The molecule has 0 bridgehead atoms. The van der Waals surface area contributed by atoms with Gasteiger partial charge in [0.1, 0.15) is 5.75 Å². The van der Waals surface area contributed by atoms with Gasteiger partial charge in [0.2, 0.25) is 0 Å². The van der Waals surface area contributed by atoms with Crippen LogP contribution in [0.5, 0.6) is 5.75 Å². The molecule has 0 saturated heterocycles. The van der Waals surface area contributed by atoms with Gasteiger partial charge in [-0.25, -0.2) is 0 Å². The van der Waals surface area contributed by atoms with Crippen LogP contribution in [0.2, 0.25) is 0 Å². The predicted molar refractivity (Wildman–Crippen MR) is 65.0 cm³/mol. The van der Waals surface area contributed by atoms with Crippen molar-refractivity contribution in [2.75, 3.05) is 7.11 Å². The highest BCUT2D eigenvalue weighted by atomic mass is 35.5. The van der Waals surface area contributed by atoms with Gasteiger partial charge in [0, 0.05) is 10.4 Å². The van der Waals surface area contributed by atoms with Crippen LogP contribution in [0.15, 0.2) is 41.8 Å². The number of rotatable bonds is 3. The Bertz CT molecular complexity index is 425. The number of hydrogen-bond donors (Lipinski definition) is 0. The third-order valence-corrected chi connectivity index (χ3v) is 3.74. The first-order chi connectivity index (χ1) is 7.33. The summed E-state index contributed by atoms with van der Waals surface area (Å²) in [7, 11) is 1.66. The van der Waals surface area contributed by atoms with Crippen LogP contribution >= 0.6 is 22.9 Å². The highest BCUT2D eigenvalue weighted by Crippen LogP contribution is 2.36. The average molecular weight is 239 g/mol. The Hall–Kier alpha value is -0.990. The van der Waals surface area contributed by atoms with Crippen molar-refractivity contribution in [1.82, 2.24) is 0 Å². The molecule has 1 aromatic heterocycles. The Morgan fingerprint density at radius 3 is 2.67 bits per heavy atom. The zero-order valence-corrected chi connectivity index (χ0v) is 9.89. The molecule has 78 valence electrons. The minimum atomic E-state index is -0.124. The van der Waals surface area contributed by atoms with Crippen molar-refractivity contribution in [3.05, 3.63) is 52.2 Å². The lowest BCUT2D eigenvalue weighted by molar-refractivity contribution is 0.410. The van der Waals surface area contributed by atoms with Gasteiger partial charge in [0.15, 0.2) is 0 Å². The zero-order valence-electron chi connectivity index (χ0n) is 8.31. The molecule has 1 aromatic carbocycles. The second-order valence-corrected chi connectivity index (χ2v) is 4.54. The fraction of sp³-hybridized carbons (Fsp3) is 0.167. The van der Waals surface area contributed by atoms with Crippen LogP contribution in [0.1, 0.15) is 15.8 Å². The molecule has 0 saturated carbocycles. The third-order valence-electron chi connectivity index (χ3n) is 2.20. The molecule has 0 spiro atoms. The summed E-state index contributed by atoms with van der Waals surface area (Å²) >= 11 is 8.04. The molecule has 2 rings (SSSR count). The molecule has 1 heterocycles. The van der Waals surface area contributed by atoms with Crippen LogP contribution in [0, 0.1) is 0 Å². The van der Waals surface area contributed by atoms with Crippen LogP contribution in [-0.2, 0) is 0 Å². The summed E-state index contributed by atoms with van der Waals surface area (Å²) in [6.45, 7) is 0. The standard InChI is InChI=1S/C12H11ClOS/c1-14-10-6-3-2-5-9(10)12(13)11-7-4-8-15-11/h2-8,12H,1H3. The Balaban J connectivity index is 2.37. The SMILES string of the molecule is COc1ccccc1C(Cl)c1cccs1. The summed E-state index contributed by atoms with van der Waals surface area (Å²) < 4.78 is 5.28. The smallest absolute Gasteiger partial charge is 0.123 e. The van der Waals surface area contributed by atoms with Gasteiger partial charge < -0.3 is 4.74 Å². The molecule has 3 heteroatoms. The van der Waals surface area contributed by atoms with E-state index < -0.39 is 0 Å². The van der Waals surface area contributed by atoms with E-state index in [1.165, 1.54) is 0 Å². The maximum atomic E-state index is 6.39. The molecule has 0 amide bonds. The van der Waals surface area contributed by atoms with Crippen molar-refractivity contribution < 1.29 is 4.74 Å². The van der Waals surface area contributed by atoms with Crippen molar-refractivity contribution >= 4 is 22.9 Å². The number of hydrogen-bond acceptors (Lipinski definition) is 2. The van der Waals surface area contributed by atoms with Crippen molar-refractivity contribution in [1.29, 1.82) is 0 Å². The minimum absolute atomic E-state index is 0.124. The summed E-state index contributed by atoms with van der Waals surface area (Å²) in [6, 6.07) is 11.9. The Morgan fingerprint density at radius 1 is 1.20 bits per heavy atom. The Morgan fingerprint density at radius 2 is 2.00 bits per heavy atom. The van der Waals surface area contributed by atoms with Gasteiger partial charge in [-0.2, -0.15) is 0 Å². The largest absolute Gasteiger partial charge is 0.496 e. The summed E-state index contributed by atoms with van der Waals surface area (Å²) in [5.74, 6) is 0.839. The van der Waals surface area contributed by atoms with Crippen LogP contribution in [0.3, 0.4) is 0 Å². The molecule has 2 aromatic rings. The molecule has 1 unspecified atom stereocenters. The average Bonchev–Trinajstić information content (AvgIpc) is 2.81. The number of methoxy groups -OCH3 is 1. The van der Waals surface area contributed by atoms with Crippen LogP contribution in [-0.4, -0.2) is 7.11 Å². The highest BCUT2D eigenvalue weighted by Gasteiger charge is 2.15. The highest BCUT2D eigenvalue weighted by molar-refractivity contribution is 7.10. The van der Waals surface area contributed by atoms with E-state index in [2.05, 4.69) is 0 Å². The number of alkyl halides is 1. The second-order valence-electron chi connectivity index (χ2n) is 3.12. The normalized spacial score (nSPS) is 12.4. The molecule has 15 heavy (non-hydrogen) atoms. The summed E-state index contributed by atoms with van der Waals surface area (Å²) in [5, 5.41) is 1.90. The van der Waals surface area contributed by atoms with Crippen molar-refractivity contribution in [2.24, 2.45) is 0 Å². The molecule has 0 N–H and O–H groups in total. The van der Waals surface area contributed by atoms with E-state index in [1.54, 1.807) is 18.4 Å². The van der Waals surface area contributed by atoms with E-state index >= 15 is 0 Å². The Labute approximate surface area is 98.3 Å². The number of benzene rings is 1. The number of ether oxygens (including phenoxy) is 1. The summed E-state index contributed by atoms with van der Waals surface area (Å²) in [6.07, 6.45) is 0. The quantitative estimate of drug-likeness (QED) is 0.732. The zero-order chi connectivity index (χ0) is 10.7. The molecule has 1 atom stereocenters. The van der Waals surface area contributed by atoms with E-state index in [1.807, 2.05) is 41.8 Å². The van der Waals surface area contributed by atoms with E-state index in [4.69, 9.17) is 16.3 Å². The lowest BCUT2D eigenvalue weighted by Gasteiger charge is -2.12. The van der Waals surface area contributed by atoms with Crippen LogP contribution in [0.25, 0.3) is 0 Å². The summed E-state index contributed by atoms with van der Waals surface area (Å²) in [5.41, 5.74) is 1.02. The van der Waals surface area contributed by atoms with E-state index in [-0.39, 0.29) is 5.38 Å². The maximum Gasteiger partial charge on any atom is 0.123 e. The number of halogens is 1. The van der Waals surface area contributed by atoms with Gasteiger partial charge in [0.25, 0.3) is 0 Å². The van der Waals surface area contributed by atoms with Gasteiger partial charge in [-0.3, -0.25) is 0 Å². The van der Waals surface area contributed by atoms with E-state index in [9.17, 15) is 0 Å². The minimum Gasteiger partial charge on any atom is -0.496 e. The lowest BCUT2D eigenvalue weighted by atomic mass is 10.1. The maximum absolute atomic E-state index is 6.39. The third kappa shape index (κ3) is 2.16. The van der Waals surface area contributed by atoms with Gasteiger partial charge in [-0.05, 0) is 17.5 Å². The van der Waals surface area contributed by atoms with Crippen LogP contribution in [0.4, 0.5) is 0 Å². The molecular weight excluding hydrogens is 228 g/mol. The molecule has 0 aliphatic rings. The second kappa shape index (κ2) is 4.69. The predicted octanol–water partition coefficient (Wildman–Crippen LogP) is 4.08. The lowest BCUT2D eigenvalue weighted by Crippen LogP contribution is -1.94. The molecule has 0 fully saturated rings. The molecule has 0 radical (unpaired) electrons. The van der Waals surface area contributed by atoms with E-state index in [0.717, 1.165) is 16.2 Å². The monoisotopic (exact) mass is 238 g/mol. The molecule has 1 nitrogen and oxygen atoms in total. The van der Waals surface area contributed by atoms with Crippen molar-refractivity contribution in [3.63, 3.8) is 0 Å². The fourth-order valence-electron chi connectivity index (χ4n) is 1.46. The van der Waals surface area contributed by atoms with Gasteiger partial charge in [-0.1, -0.05) is 24.3 Å². The number of thiophene rings is 1. The Kier molecular flexibility index (Phi) is 3.29. The molecule has 0 aliphatic carbocycles. The fourth-order valence-corrected chi connectivity index (χ4v) is 2.59. The van der Waals surface area contributed by atoms with Crippen molar-refractivity contribution in [3.8, 4) is 5.75 Å². The van der Waals surface area contributed by atoms with E-state index in [0.29, 0.717) is 0 Å². The van der Waals surface area contributed by atoms with Crippen LogP contribution < -0.4 is 4.74 Å². The van der Waals surface area contributed by atoms with Gasteiger partial charge in [-0.15, -0.1) is 22.9 Å². The molecular formula is C12H11ClOS. The first-order valence-electron chi connectivity index (χ1n) is 4.63. The topological polar surface area (TPSA) is 9.23 Å². The van der Waals surface area contributed by atoms with Gasteiger partial charge in [0.05, 0.1) is 12.5 Å². The molecule has 0 aliphatic heterocycles. The first-order valence-corrected chi connectivity index (χ1v) is 5.95. The summed E-state index contributed by atoms with van der Waals surface area (Å²) in [4.78, 5) is 1.14.